The van der Waals surface area contributed by atoms with Gasteiger partial charge in [0.25, 0.3) is 0 Å². The Morgan fingerprint density at radius 2 is 0.780 bits per heavy atom. The highest BCUT2D eigenvalue weighted by Crippen LogP contribution is 2.19. The number of carbonyl (C=O) groups excluding carboxylic acids is 1. The normalized spacial score (nSPS) is 12.4. The number of unbranched alkanes of at least 4 members (excludes halogenated alkanes) is 28. The molecular formula is C46H86O4. The first-order valence-corrected chi connectivity index (χ1v) is 22.3. The number of hydrogen-bond acceptors (Lipinski definition) is 3. The van der Waals surface area contributed by atoms with E-state index in [4.69, 9.17) is 9.84 Å². The molecule has 0 amide bonds. The van der Waals surface area contributed by atoms with Crippen LogP contribution in [0.1, 0.15) is 251 Å². The number of aliphatic carboxylic acids is 1. The van der Waals surface area contributed by atoms with Crippen LogP contribution in [0.25, 0.3) is 0 Å². The van der Waals surface area contributed by atoms with Gasteiger partial charge in [-0.2, -0.15) is 0 Å². The number of rotatable bonds is 41. The van der Waals surface area contributed by atoms with E-state index in [0.717, 1.165) is 44.9 Å². The molecule has 1 unspecified atom stereocenters. The summed E-state index contributed by atoms with van der Waals surface area (Å²) in [5.41, 5.74) is 0. The van der Waals surface area contributed by atoms with Crippen LogP contribution in [0.15, 0.2) is 24.3 Å². The summed E-state index contributed by atoms with van der Waals surface area (Å²) in [7, 11) is 0. The van der Waals surface area contributed by atoms with Crippen LogP contribution in [0.5, 0.6) is 0 Å². The molecule has 0 rings (SSSR count). The maximum atomic E-state index is 12.7. The van der Waals surface area contributed by atoms with Gasteiger partial charge in [-0.25, -0.2) is 0 Å². The molecule has 0 aliphatic heterocycles. The minimum Gasteiger partial charge on any atom is -0.481 e. The molecule has 4 nitrogen and oxygen atoms in total. The average molecular weight is 703 g/mol. The standard InChI is InChI=1S/C46H86O4/c1-3-5-7-9-11-12-13-14-15-16-17-18-19-20-24-27-31-35-39-43-46(49)50-44(40-36-32-28-10-8-6-4-2)41-37-33-29-25-22-21-23-26-30-34-38-42-45(47)48/h11-12,14-15,44H,3-10,13,16-43H2,1-2H3,(H,47,48)/b12-11-,15-14-. The van der Waals surface area contributed by atoms with Gasteiger partial charge in [0, 0.05) is 12.8 Å². The Morgan fingerprint density at radius 3 is 1.22 bits per heavy atom. The lowest BCUT2D eigenvalue weighted by molar-refractivity contribution is -0.150. The van der Waals surface area contributed by atoms with Gasteiger partial charge >= 0.3 is 11.9 Å². The van der Waals surface area contributed by atoms with Crippen molar-refractivity contribution in [3.05, 3.63) is 24.3 Å². The third kappa shape index (κ3) is 40.8. The second kappa shape index (κ2) is 41.8. The summed E-state index contributed by atoms with van der Waals surface area (Å²) in [6.07, 6.45) is 53.7. The topological polar surface area (TPSA) is 63.6 Å². The number of esters is 1. The number of carboxylic acids is 1. The highest BCUT2D eigenvalue weighted by Gasteiger charge is 2.14. The van der Waals surface area contributed by atoms with Crippen molar-refractivity contribution in [3.8, 4) is 0 Å². The molecule has 0 bridgehead atoms. The van der Waals surface area contributed by atoms with Crippen molar-refractivity contribution < 1.29 is 19.4 Å². The number of carboxylic acid groups (broad SMARTS) is 1. The lowest BCUT2D eigenvalue weighted by Crippen LogP contribution is -2.18. The second-order valence-electron chi connectivity index (χ2n) is 15.2. The summed E-state index contributed by atoms with van der Waals surface area (Å²) in [6.45, 7) is 4.53. The molecule has 0 aliphatic rings. The van der Waals surface area contributed by atoms with E-state index in [1.165, 1.54) is 180 Å². The molecule has 0 aliphatic carbocycles. The first-order chi connectivity index (χ1) is 24.6. The molecule has 0 aromatic carbocycles. The van der Waals surface area contributed by atoms with Crippen molar-refractivity contribution in [2.24, 2.45) is 0 Å². The maximum absolute atomic E-state index is 12.7. The van der Waals surface area contributed by atoms with Gasteiger partial charge in [-0.15, -0.1) is 0 Å². The number of hydrogen-bond donors (Lipinski definition) is 1. The Hall–Kier alpha value is -1.58. The van der Waals surface area contributed by atoms with Crippen LogP contribution >= 0.6 is 0 Å². The van der Waals surface area contributed by atoms with Crippen molar-refractivity contribution in [1.82, 2.24) is 0 Å². The van der Waals surface area contributed by atoms with Crippen molar-refractivity contribution >= 4 is 11.9 Å². The van der Waals surface area contributed by atoms with Crippen LogP contribution in [0.4, 0.5) is 0 Å². The minimum absolute atomic E-state index is 0.0398. The van der Waals surface area contributed by atoms with Gasteiger partial charge in [0.05, 0.1) is 0 Å². The molecule has 0 fully saturated rings. The van der Waals surface area contributed by atoms with E-state index in [0.29, 0.717) is 12.8 Å². The zero-order valence-electron chi connectivity index (χ0n) is 33.7. The monoisotopic (exact) mass is 703 g/mol. The lowest BCUT2D eigenvalue weighted by atomic mass is 10.0. The van der Waals surface area contributed by atoms with E-state index in [2.05, 4.69) is 38.2 Å². The molecule has 0 saturated carbocycles. The van der Waals surface area contributed by atoms with Crippen molar-refractivity contribution in [2.45, 2.75) is 258 Å². The van der Waals surface area contributed by atoms with Crippen molar-refractivity contribution in [2.75, 3.05) is 0 Å². The highest BCUT2D eigenvalue weighted by atomic mass is 16.5. The fourth-order valence-electron chi connectivity index (χ4n) is 6.86. The predicted octanol–water partition coefficient (Wildman–Crippen LogP) is 15.6. The van der Waals surface area contributed by atoms with E-state index in [9.17, 15) is 9.59 Å². The first kappa shape index (κ1) is 48.4. The molecule has 0 spiro atoms. The predicted molar refractivity (Wildman–Crippen MR) is 218 cm³/mol. The van der Waals surface area contributed by atoms with E-state index < -0.39 is 5.97 Å². The molecule has 4 heteroatoms. The molecular weight excluding hydrogens is 617 g/mol. The van der Waals surface area contributed by atoms with Crippen LogP contribution in [0.3, 0.4) is 0 Å². The van der Waals surface area contributed by atoms with Gasteiger partial charge in [-0.1, -0.05) is 192 Å². The summed E-state index contributed by atoms with van der Waals surface area (Å²) < 4.78 is 6.07. The van der Waals surface area contributed by atoms with Gasteiger partial charge in [0.15, 0.2) is 0 Å². The molecule has 1 N–H and O–H groups in total. The fourth-order valence-corrected chi connectivity index (χ4v) is 6.86. The fraction of sp³-hybridized carbons (Fsp3) is 0.870. The van der Waals surface area contributed by atoms with Gasteiger partial charge in [-0.05, 0) is 70.6 Å². The third-order valence-corrected chi connectivity index (χ3v) is 10.2. The molecule has 0 aromatic rings. The van der Waals surface area contributed by atoms with Crippen molar-refractivity contribution in [1.29, 1.82) is 0 Å². The van der Waals surface area contributed by atoms with E-state index in [1.54, 1.807) is 0 Å². The largest absolute Gasteiger partial charge is 0.481 e. The molecule has 0 heterocycles. The average Bonchev–Trinajstić information content (AvgIpc) is 3.10. The van der Waals surface area contributed by atoms with Crippen LogP contribution in [0.2, 0.25) is 0 Å². The maximum Gasteiger partial charge on any atom is 0.306 e. The molecule has 1 atom stereocenters. The zero-order chi connectivity index (χ0) is 36.4. The Labute approximate surface area is 312 Å². The Kier molecular flexibility index (Phi) is 40.5. The Balaban J connectivity index is 3.92. The molecule has 0 radical (unpaired) electrons. The van der Waals surface area contributed by atoms with Gasteiger partial charge in [-0.3, -0.25) is 9.59 Å². The lowest BCUT2D eigenvalue weighted by Gasteiger charge is -2.18. The summed E-state index contributed by atoms with van der Waals surface area (Å²) >= 11 is 0. The molecule has 50 heavy (non-hydrogen) atoms. The molecule has 0 saturated heterocycles. The number of ether oxygens (including phenoxy) is 1. The summed E-state index contributed by atoms with van der Waals surface area (Å²) in [5.74, 6) is -0.631. The van der Waals surface area contributed by atoms with Crippen LogP contribution in [-0.4, -0.2) is 23.1 Å². The third-order valence-electron chi connectivity index (χ3n) is 10.2. The van der Waals surface area contributed by atoms with E-state index in [-0.39, 0.29) is 12.1 Å². The van der Waals surface area contributed by atoms with Crippen LogP contribution < -0.4 is 0 Å². The van der Waals surface area contributed by atoms with E-state index in [1.807, 2.05) is 0 Å². The van der Waals surface area contributed by atoms with Crippen molar-refractivity contribution in [3.63, 3.8) is 0 Å². The Morgan fingerprint density at radius 1 is 0.440 bits per heavy atom. The summed E-state index contributed by atoms with van der Waals surface area (Å²) in [5, 5.41) is 8.72. The van der Waals surface area contributed by atoms with Gasteiger partial charge < -0.3 is 9.84 Å². The smallest absolute Gasteiger partial charge is 0.306 e. The van der Waals surface area contributed by atoms with Gasteiger partial charge in [0.2, 0.25) is 0 Å². The Bertz CT molecular complexity index is 757. The van der Waals surface area contributed by atoms with Crippen LogP contribution in [0, 0.1) is 0 Å². The molecule has 294 valence electrons. The van der Waals surface area contributed by atoms with Crippen LogP contribution in [-0.2, 0) is 14.3 Å². The SMILES string of the molecule is CCCCC/C=C\C/C=C\CCCCCCCCCCCC(=O)OC(CCCCCCCCC)CCCCCCCCCCCCCC(=O)O. The quantitative estimate of drug-likeness (QED) is 0.0391. The second-order valence-corrected chi connectivity index (χ2v) is 15.2. The number of carbonyl (C=O) groups is 2. The first-order valence-electron chi connectivity index (χ1n) is 22.3. The summed E-state index contributed by atoms with van der Waals surface area (Å²) in [4.78, 5) is 23.3. The molecule has 0 aromatic heterocycles. The number of allylic oxidation sites excluding steroid dienone is 4. The minimum atomic E-state index is -0.670. The summed E-state index contributed by atoms with van der Waals surface area (Å²) in [6, 6.07) is 0. The van der Waals surface area contributed by atoms with Gasteiger partial charge in [0.1, 0.15) is 6.10 Å². The zero-order valence-corrected chi connectivity index (χ0v) is 33.7. The highest BCUT2D eigenvalue weighted by molar-refractivity contribution is 5.69. The van der Waals surface area contributed by atoms with E-state index >= 15 is 0 Å².